The summed E-state index contributed by atoms with van der Waals surface area (Å²) in [7, 11) is 1.70. The fourth-order valence-corrected chi connectivity index (χ4v) is 3.44. The van der Waals surface area contributed by atoms with Crippen LogP contribution in [-0.4, -0.2) is 36.0 Å². The number of nitrogens with zero attached hydrogens (tertiary/aromatic N) is 3. The van der Waals surface area contributed by atoms with E-state index in [4.69, 9.17) is 0 Å². The first-order valence-corrected chi connectivity index (χ1v) is 7.26. The van der Waals surface area contributed by atoms with Crippen LogP contribution in [0.15, 0.2) is 18.5 Å². The van der Waals surface area contributed by atoms with Crippen LogP contribution in [-0.2, 0) is 4.79 Å². The first-order chi connectivity index (χ1) is 9.28. The molecule has 100 valence electrons. The quantitative estimate of drug-likeness (QED) is 0.906. The molecule has 1 aliphatic heterocycles. The van der Waals surface area contributed by atoms with Crippen molar-refractivity contribution in [1.29, 1.82) is 0 Å². The molecule has 1 unspecified atom stereocenters. The fourth-order valence-electron chi connectivity index (χ4n) is 2.47. The van der Waals surface area contributed by atoms with Crippen LogP contribution >= 0.6 is 11.3 Å². The van der Waals surface area contributed by atoms with Crippen LogP contribution in [0.25, 0.3) is 10.2 Å². The number of carbonyl (C=O) groups excluding carboxylic acids is 1. The summed E-state index contributed by atoms with van der Waals surface area (Å²) >= 11 is 1.67. The predicted molar refractivity (Wildman–Crippen MR) is 76.4 cm³/mol. The highest BCUT2D eigenvalue weighted by atomic mass is 32.1. The van der Waals surface area contributed by atoms with Crippen LogP contribution < -0.4 is 10.2 Å². The second kappa shape index (κ2) is 5.13. The van der Waals surface area contributed by atoms with Gasteiger partial charge in [0.25, 0.3) is 0 Å². The fraction of sp³-hybridized carbons (Fsp3) is 0.462. The zero-order chi connectivity index (χ0) is 13.2. The number of pyridine rings is 1. The number of nitrogens with one attached hydrogen (secondary N) is 1. The van der Waals surface area contributed by atoms with Gasteiger partial charge in [0.2, 0.25) is 5.91 Å². The Labute approximate surface area is 115 Å². The van der Waals surface area contributed by atoms with Gasteiger partial charge in [-0.3, -0.25) is 9.78 Å². The van der Waals surface area contributed by atoms with Crippen molar-refractivity contribution in [2.45, 2.75) is 12.8 Å². The molecule has 1 amide bonds. The Hall–Kier alpha value is -1.69. The average molecular weight is 276 g/mol. The lowest BCUT2D eigenvalue weighted by Crippen LogP contribution is -2.42. The van der Waals surface area contributed by atoms with Crippen LogP contribution in [0, 0.1) is 5.92 Å². The molecular weight excluding hydrogens is 260 g/mol. The lowest BCUT2D eigenvalue weighted by atomic mass is 9.98. The summed E-state index contributed by atoms with van der Waals surface area (Å²) in [5.41, 5.74) is 0.935. The molecule has 0 spiro atoms. The average Bonchev–Trinajstić information content (AvgIpc) is 2.90. The summed E-state index contributed by atoms with van der Waals surface area (Å²) in [5, 5.41) is 3.74. The smallest absolute Gasteiger partial charge is 0.224 e. The van der Waals surface area contributed by atoms with Crippen molar-refractivity contribution in [2.75, 3.05) is 25.0 Å². The number of anilines is 1. The Bertz CT molecular complexity index is 564. The van der Waals surface area contributed by atoms with E-state index in [0.29, 0.717) is 0 Å². The highest BCUT2D eigenvalue weighted by Gasteiger charge is 2.26. The van der Waals surface area contributed by atoms with Crippen LogP contribution in [0.5, 0.6) is 0 Å². The van der Waals surface area contributed by atoms with Gasteiger partial charge in [0.05, 0.1) is 16.8 Å². The number of carbonyl (C=O) groups is 1. The normalized spacial score (nSPS) is 19.6. The molecular formula is C13H16N4OS. The van der Waals surface area contributed by atoms with Gasteiger partial charge in [-0.05, 0) is 18.9 Å². The SMILES string of the molecule is CNC(=O)C1CCCN(c2nc3cnccc3s2)C1. The van der Waals surface area contributed by atoms with Crippen molar-refractivity contribution in [2.24, 2.45) is 5.92 Å². The Morgan fingerprint density at radius 2 is 2.47 bits per heavy atom. The lowest BCUT2D eigenvalue weighted by Gasteiger charge is -2.31. The van der Waals surface area contributed by atoms with E-state index in [1.54, 1.807) is 30.8 Å². The number of amides is 1. The number of fused-ring (bicyclic) bond motifs is 1. The van der Waals surface area contributed by atoms with Gasteiger partial charge in [-0.2, -0.15) is 0 Å². The largest absolute Gasteiger partial charge is 0.359 e. The maximum atomic E-state index is 11.8. The molecule has 1 N–H and O–H groups in total. The molecule has 5 nitrogen and oxygen atoms in total. The first kappa shape index (κ1) is 12.3. The van der Waals surface area contributed by atoms with E-state index in [-0.39, 0.29) is 11.8 Å². The predicted octanol–water partition coefficient (Wildman–Crippen LogP) is 1.65. The van der Waals surface area contributed by atoms with Crippen molar-refractivity contribution in [3.05, 3.63) is 18.5 Å². The number of thiazole rings is 1. The van der Waals surface area contributed by atoms with Gasteiger partial charge in [-0.1, -0.05) is 11.3 Å². The van der Waals surface area contributed by atoms with Crippen molar-refractivity contribution < 1.29 is 4.79 Å². The molecule has 3 rings (SSSR count). The second-order valence-electron chi connectivity index (χ2n) is 4.74. The number of hydrogen-bond donors (Lipinski definition) is 1. The van der Waals surface area contributed by atoms with Gasteiger partial charge in [0.1, 0.15) is 5.52 Å². The van der Waals surface area contributed by atoms with Crippen molar-refractivity contribution in [3.8, 4) is 0 Å². The topological polar surface area (TPSA) is 58.1 Å². The number of aromatic nitrogens is 2. The van der Waals surface area contributed by atoms with Crippen molar-refractivity contribution in [3.63, 3.8) is 0 Å². The van der Waals surface area contributed by atoms with Crippen molar-refractivity contribution >= 4 is 32.6 Å². The first-order valence-electron chi connectivity index (χ1n) is 6.45. The minimum atomic E-state index is 0.0730. The Kier molecular flexibility index (Phi) is 3.33. The molecule has 0 bridgehead atoms. The van der Waals surface area contributed by atoms with Gasteiger partial charge in [-0.15, -0.1) is 0 Å². The third-order valence-corrected chi connectivity index (χ3v) is 4.58. The molecule has 1 saturated heterocycles. The van der Waals surface area contributed by atoms with Gasteiger partial charge in [-0.25, -0.2) is 4.98 Å². The molecule has 19 heavy (non-hydrogen) atoms. The van der Waals surface area contributed by atoms with E-state index >= 15 is 0 Å². The van der Waals surface area contributed by atoms with Crippen LogP contribution in [0.2, 0.25) is 0 Å². The van der Waals surface area contributed by atoms with Crippen LogP contribution in [0.3, 0.4) is 0 Å². The summed E-state index contributed by atoms with van der Waals surface area (Å²) in [6.45, 7) is 1.73. The zero-order valence-electron chi connectivity index (χ0n) is 10.8. The Balaban J connectivity index is 1.83. The minimum absolute atomic E-state index is 0.0730. The standard InChI is InChI=1S/C13H16N4OS/c1-14-12(18)9-3-2-6-17(8-9)13-16-10-7-15-5-4-11(10)19-13/h4-5,7,9H,2-3,6,8H2,1H3,(H,14,18). The van der Waals surface area contributed by atoms with Crippen molar-refractivity contribution in [1.82, 2.24) is 15.3 Å². The van der Waals surface area contributed by atoms with E-state index < -0.39 is 0 Å². The molecule has 1 fully saturated rings. The second-order valence-corrected chi connectivity index (χ2v) is 5.75. The summed E-state index contributed by atoms with van der Waals surface area (Å²) in [6.07, 6.45) is 5.57. The highest BCUT2D eigenvalue weighted by Crippen LogP contribution is 2.30. The van der Waals surface area contributed by atoms with Gasteiger partial charge < -0.3 is 10.2 Å². The van der Waals surface area contributed by atoms with Gasteiger partial charge in [0.15, 0.2) is 5.13 Å². The van der Waals surface area contributed by atoms with E-state index in [0.717, 1.165) is 41.3 Å². The molecule has 0 saturated carbocycles. The van der Waals surface area contributed by atoms with Crippen LogP contribution in [0.1, 0.15) is 12.8 Å². The zero-order valence-corrected chi connectivity index (χ0v) is 11.6. The molecule has 1 aliphatic rings. The Morgan fingerprint density at radius 1 is 1.58 bits per heavy atom. The molecule has 2 aromatic rings. The monoisotopic (exact) mass is 276 g/mol. The van der Waals surface area contributed by atoms with E-state index in [1.807, 2.05) is 6.07 Å². The summed E-state index contributed by atoms with van der Waals surface area (Å²) < 4.78 is 1.15. The lowest BCUT2D eigenvalue weighted by molar-refractivity contribution is -0.124. The summed E-state index contributed by atoms with van der Waals surface area (Å²) in [4.78, 5) is 22.7. The maximum absolute atomic E-state index is 11.8. The van der Waals surface area contributed by atoms with E-state index in [2.05, 4.69) is 20.2 Å². The third kappa shape index (κ3) is 2.40. The minimum Gasteiger partial charge on any atom is -0.359 e. The molecule has 0 aliphatic carbocycles. The number of rotatable bonds is 2. The molecule has 6 heteroatoms. The van der Waals surface area contributed by atoms with E-state index in [1.165, 1.54) is 0 Å². The summed E-state index contributed by atoms with van der Waals surface area (Å²) in [5.74, 6) is 0.205. The molecule has 3 heterocycles. The van der Waals surface area contributed by atoms with Gasteiger partial charge in [0, 0.05) is 26.3 Å². The van der Waals surface area contributed by atoms with Gasteiger partial charge >= 0.3 is 0 Å². The summed E-state index contributed by atoms with van der Waals surface area (Å²) in [6, 6.07) is 1.98. The molecule has 1 atom stereocenters. The maximum Gasteiger partial charge on any atom is 0.224 e. The Morgan fingerprint density at radius 3 is 3.26 bits per heavy atom. The van der Waals surface area contributed by atoms with Crippen LogP contribution in [0.4, 0.5) is 5.13 Å². The highest BCUT2D eigenvalue weighted by molar-refractivity contribution is 7.22. The molecule has 0 aromatic carbocycles. The molecule has 2 aromatic heterocycles. The number of piperidine rings is 1. The number of hydrogen-bond acceptors (Lipinski definition) is 5. The third-order valence-electron chi connectivity index (χ3n) is 3.49. The van der Waals surface area contributed by atoms with E-state index in [9.17, 15) is 4.79 Å². The molecule has 0 radical (unpaired) electrons.